The van der Waals surface area contributed by atoms with Crippen LogP contribution < -0.4 is 10.5 Å². The van der Waals surface area contributed by atoms with Crippen LogP contribution in [0.3, 0.4) is 0 Å². The van der Waals surface area contributed by atoms with Crippen molar-refractivity contribution in [3.05, 3.63) is 51.6 Å². The van der Waals surface area contributed by atoms with E-state index in [2.05, 4.69) is 25.6 Å². The first-order valence-electron chi connectivity index (χ1n) is 6.28. The summed E-state index contributed by atoms with van der Waals surface area (Å²) < 4.78 is 28.3. The van der Waals surface area contributed by atoms with Gasteiger partial charge in [0.25, 0.3) is 10.0 Å². The first-order chi connectivity index (χ1) is 9.83. The van der Waals surface area contributed by atoms with Gasteiger partial charge < -0.3 is 5.73 Å². The molecule has 21 heavy (non-hydrogen) atoms. The second kappa shape index (κ2) is 6.13. The maximum atomic E-state index is 12.5. The normalized spacial score (nSPS) is 11.4. The molecule has 0 aliphatic heterocycles. The van der Waals surface area contributed by atoms with Crippen molar-refractivity contribution in [3.63, 3.8) is 0 Å². The molecule has 0 atom stereocenters. The van der Waals surface area contributed by atoms with Gasteiger partial charge in [-0.05, 0) is 64.7 Å². The van der Waals surface area contributed by atoms with Crippen LogP contribution in [0.1, 0.15) is 16.7 Å². The van der Waals surface area contributed by atoms with Crippen LogP contribution in [0, 0.1) is 13.8 Å². The maximum absolute atomic E-state index is 12.5. The molecule has 0 spiro atoms. The molecule has 112 valence electrons. The van der Waals surface area contributed by atoms with Crippen LogP contribution in [0.25, 0.3) is 0 Å². The zero-order chi connectivity index (χ0) is 15.6. The Hall–Kier alpha value is -1.44. The number of pyridine rings is 1. The predicted octanol–water partition coefficient (Wildman–Crippen LogP) is 2.72. The fourth-order valence-corrected chi connectivity index (χ4v) is 3.54. The standard InChI is InChI=1S/C14H16BrN3O2S/c1-9-5-11(7-16)6-13(10(9)2)21(19,20)18-14-4-3-12(15)8-17-14/h3-6,8H,7,16H2,1-2H3,(H,17,18). The van der Waals surface area contributed by atoms with Crippen molar-refractivity contribution in [2.45, 2.75) is 25.3 Å². The summed E-state index contributed by atoms with van der Waals surface area (Å²) in [5.41, 5.74) is 7.99. The van der Waals surface area contributed by atoms with Crippen LogP contribution in [0.2, 0.25) is 0 Å². The molecule has 7 heteroatoms. The highest BCUT2D eigenvalue weighted by atomic mass is 79.9. The molecule has 0 saturated heterocycles. The zero-order valence-corrected chi connectivity index (χ0v) is 14.1. The lowest BCUT2D eigenvalue weighted by Crippen LogP contribution is -2.16. The molecule has 1 aromatic heterocycles. The van der Waals surface area contributed by atoms with E-state index in [1.165, 1.54) is 6.20 Å². The number of nitrogens with zero attached hydrogens (tertiary/aromatic N) is 1. The summed E-state index contributed by atoms with van der Waals surface area (Å²) in [5.74, 6) is 0.272. The Labute approximate surface area is 132 Å². The molecule has 0 aliphatic carbocycles. The number of aryl methyl sites for hydroxylation is 1. The lowest BCUT2D eigenvalue weighted by atomic mass is 10.1. The number of anilines is 1. The van der Waals surface area contributed by atoms with Gasteiger partial charge in [0, 0.05) is 17.2 Å². The van der Waals surface area contributed by atoms with E-state index >= 15 is 0 Å². The lowest BCUT2D eigenvalue weighted by Gasteiger charge is -2.13. The fourth-order valence-electron chi connectivity index (χ4n) is 1.92. The zero-order valence-electron chi connectivity index (χ0n) is 11.7. The quantitative estimate of drug-likeness (QED) is 0.867. The van der Waals surface area contributed by atoms with Crippen LogP contribution in [0.5, 0.6) is 0 Å². The lowest BCUT2D eigenvalue weighted by molar-refractivity contribution is 0.600. The van der Waals surface area contributed by atoms with Crippen molar-refractivity contribution in [1.82, 2.24) is 4.98 Å². The largest absolute Gasteiger partial charge is 0.326 e. The molecule has 5 nitrogen and oxygen atoms in total. The summed E-state index contributed by atoms with van der Waals surface area (Å²) in [6.45, 7) is 3.94. The Morgan fingerprint density at radius 2 is 2.00 bits per heavy atom. The Bertz CT molecular complexity index is 759. The van der Waals surface area contributed by atoms with E-state index in [0.717, 1.165) is 15.6 Å². The number of rotatable bonds is 4. The minimum absolute atomic E-state index is 0.229. The first-order valence-corrected chi connectivity index (χ1v) is 8.55. The van der Waals surface area contributed by atoms with Crippen LogP contribution in [0.15, 0.2) is 39.8 Å². The topological polar surface area (TPSA) is 85.1 Å². The van der Waals surface area contributed by atoms with Crippen LogP contribution in [-0.4, -0.2) is 13.4 Å². The van der Waals surface area contributed by atoms with Crippen LogP contribution >= 0.6 is 15.9 Å². The van der Waals surface area contributed by atoms with E-state index in [0.29, 0.717) is 12.1 Å². The average Bonchev–Trinajstić information content (AvgIpc) is 2.43. The summed E-state index contributed by atoms with van der Waals surface area (Å²) in [5, 5.41) is 0. The van der Waals surface area contributed by atoms with Crippen molar-refractivity contribution in [2.24, 2.45) is 5.73 Å². The monoisotopic (exact) mass is 369 g/mol. The van der Waals surface area contributed by atoms with E-state index in [-0.39, 0.29) is 10.7 Å². The minimum atomic E-state index is -3.70. The maximum Gasteiger partial charge on any atom is 0.263 e. The Morgan fingerprint density at radius 3 is 2.57 bits per heavy atom. The number of nitrogens with one attached hydrogen (secondary N) is 1. The first kappa shape index (κ1) is 15.9. The van der Waals surface area contributed by atoms with Crippen molar-refractivity contribution in [1.29, 1.82) is 0 Å². The minimum Gasteiger partial charge on any atom is -0.326 e. The number of hydrogen-bond acceptors (Lipinski definition) is 4. The van der Waals surface area contributed by atoms with Gasteiger partial charge in [0.05, 0.1) is 4.90 Å². The van der Waals surface area contributed by atoms with Crippen molar-refractivity contribution >= 4 is 31.8 Å². The second-order valence-electron chi connectivity index (χ2n) is 4.71. The molecule has 3 N–H and O–H groups in total. The molecule has 0 radical (unpaired) electrons. The highest BCUT2D eigenvalue weighted by Crippen LogP contribution is 2.23. The summed E-state index contributed by atoms with van der Waals surface area (Å²) in [7, 11) is -3.70. The molecule has 0 unspecified atom stereocenters. The molecule has 0 fully saturated rings. The van der Waals surface area contributed by atoms with Gasteiger partial charge >= 0.3 is 0 Å². The smallest absolute Gasteiger partial charge is 0.263 e. The summed E-state index contributed by atoms with van der Waals surface area (Å²) >= 11 is 3.26. The van der Waals surface area contributed by atoms with Crippen molar-refractivity contribution in [3.8, 4) is 0 Å². The third kappa shape index (κ3) is 3.61. The van der Waals surface area contributed by atoms with E-state index < -0.39 is 10.0 Å². The van der Waals surface area contributed by atoms with E-state index in [4.69, 9.17) is 5.73 Å². The van der Waals surface area contributed by atoms with Gasteiger partial charge in [-0.3, -0.25) is 4.72 Å². The molecule has 0 saturated carbocycles. The molecule has 2 aromatic rings. The van der Waals surface area contributed by atoms with Gasteiger partial charge in [0.2, 0.25) is 0 Å². The van der Waals surface area contributed by atoms with Crippen molar-refractivity contribution in [2.75, 3.05) is 4.72 Å². The SMILES string of the molecule is Cc1cc(CN)cc(S(=O)(=O)Nc2ccc(Br)cn2)c1C. The molecule has 1 heterocycles. The number of benzene rings is 1. The summed E-state index contributed by atoms with van der Waals surface area (Å²) in [6.07, 6.45) is 1.53. The van der Waals surface area contributed by atoms with Gasteiger partial charge in [-0.1, -0.05) is 6.07 Å². The Morgan fingerprint density at radius 1 is 1.29 bits per heavy atom. The van der Waals surface area contributed by atoms with Gasteiger partial charge in [-0.15, -0.1) is 0 Å². The highest BCUT2D eigenvalue weighted by Gasteiger charge is 2.19. The molecule has 0 aliphatic rings. The van der Waals surface area contributed by atoms with Gasteiger partial charge in [-0.25, -0.2) is 13.4 Å². The number of halogens is 1. The van der Waals surface area contributed by atoms with Crippen LogP contribution in [0.4, 0.5) is 5.82 Å². The van der Waals surface area contributed by atoms with E-state index in [9.17, 15) is 8.42 Å². The number of aromatic nitrogens is 1. The third-order valence-electron chi connectivity index (χ3n) is 3.17. The number of sulfonamides is 1. The highest BCUT2D eigenvalue weighted by molar-refractivity contribution is 9.10. The summed E-state index contributed by atoms with van der Waals surface area (Å²) in [6, 6.07) is 6.81. The molecule has 0 bridgehead atoms. The average molecular weight is 370 g/mol. The van der Waals surface area contributed by atoms with Gasteiger partial charge in [0.1, 0.15) is 5.82 Å². The van der Waals surface area contributed by atoms with Crippen molar-refractivity contribution < 1.29 is 8.42 Å². The Balaban J connectivity index is 2.44. The fraction of sp³-hybridized carbons (Fsp3) is 0.214. The predicted molar refractivity (Wildman–Crippen MR) is 86.6 cm³/mol. The number of hydrogen-bond donors (Lipinski definition) is 2. The molecular formula is C14H16BrN3O2S. The Kier molecular flexibility index (Phi) is 4.65. The van der Waals surface area contributed by atoms with Gasteiger partial charge in [0.15, 0.2) is 0 Å². The third-order valence-corrected chi connectivity index (χ3v) is 5.12. The molecular weight excluding hydrogens is 354 g/mol. The van der Waals surface area contributed by atoms with Crippen LogP contribution in [-0.2, 0) is 16.6 Å². The second-order valence-corrected chi connectivity index (χ2v) is 7.27. The van der Waals surface area contributed by atoms with Gasteiger partial charge in [-0.2, -0.15) is 0 Å². The number of nitrogens with two attached hydrogens (primary N) is 1. The molecule has 1 aromatic carbocycles. The summed E-state index contributed by atoms with van der Waals surface area (Å²) in [4.78, 5) is 4.25. The molecule has 2 rings (SSSR count). The van der Waals surface area contributed by atoms with E-state index in [1.807, 2.05) is 13.0 Å². The molecule has 0 amide bonds. The van der Waals surface area contributed by atoms with E-state index in [1.54, 1.807) is 25.1 Å².